The molecule has 0 aromatic heterocycles. The first-order valence-corrected chi connectivity index (χ1v) is 12.8. The van der Waals surface area contributed by atoms with Crippen LogP contribution in [0.1, 0.15) is 12.8 Å². The molecule has 1 amide bonds. The zero-order valence-corrected chi connectivity index (χ0v) is 20.1. The van der Waals surface area contributed by atoms with Crippen molar-refractivity contribution < 1.29 is 32.2 Å². The van der Waals surface area contributed by atoms with E-state index < -0.39 is 10.0 Å². The van der Waals surface area contributed by atoms with E-state index >= 15 is 0 Å². The normalized spacial score (nSPS) is 21.9. The van der Waals surface area contributed by atoms with Crippen molar-refractivity contribution in [2.24, 2.45) is 5.92 Å². The smallest absolute Gasteiger partial charge is 0.247 e. The van der Waals surface area contributed by atoms with Crippen LogP contribution < -0.4 is 9.47 Å². The largest absolute Gasteiger partial charge is 0.497 e. The Morgan fingerprint density at radius 1 is 1.00 bits per heavy atom. The van der Waals surface area contributed by atoms with E-state index in [-0.39, 0.29) is 35.9 Å². The van der Waals surface area contributed by atoms with Gasteiger partial charge in [0.2, 0.25) is 15.9 Å². The van der Waals surface area contributed by atoms with E-state index in [1.165, 1.54) is 24.6 Å². The standard InChI is InChI=1S/C22H33N3O7S/c1-29-18-3-4-19(30-2)20(15-18)33(27,28)25-11-9-24(10-12-25)21(26)16-23-7-5-17(6-8-23)22-31-13-14-32-22/h3-4,15,17,22H,5-14,16H2,1-2H3. The lowest BCUT2D eigenvalue weighted by molar-refractivity contribution is -0.135. The number of amides is 1. The van der Waals surface area contributed by atoms with Crippen molar-refractivity contribution in [2.45, 2.75) is 24.0 Å². The van der Waals surface area contributed by atoms with Crippen LogP contribution in [0.15, 0.2) is 23.1 Å². The summed E-state index contributed by atoms with van der Waals surface area (Å²) in [4.78, 5) is 16.8. The number of carbonyl (C=O) groups is 1. The summed E-state index contributed by atoms with van der Waals surface area (Å²) in [6.07, 6.45) is 1.81. The van der Waals surface area contributed by atoms with Crippen molar-refractivity contribution in [3.63, 3.8) is 0 Å². The van der Waals surface area contributed by atoms with Gasteiger partial charge in [-0.3, -0.25) is 9.69 Å². The van der Waals surface area contributed by atoms with Crippen LogP contribution in [0.25, 0.3) is 0 Å². The Bertz CT molecular complexity index is 920. The van der Waals surface area contributed by atoms with Crippen LogP contribution in [0, 0.1) is 5.92 Å². The van der Waals surface area contributed by atoms with Crippen LogP contribution in [-0.2, 0) is 24.3 Å². The minimum absolute atomic E-state index is 0.0397. The zero-order chi connectivity index (χ0) is 23.4. The van der Waals surface area contributed by atoms with Crippen molar-refractivity contribution in [3.8, 4) is 11.5 Å². The maximum Gasteiger partial charge on any atom is 0.247 e. The summed E-state index contributed by atoms with van der Waals surface area (Å²) >= 11 is 0. The molecule has 3 heterocycles. The molecule has 10 nitrogen and oxygen atoms in total. The second-order valence-corrected chi connectivity index (χ2v) is 10.4. The Kier molecular flexibility index (Phi) is 7.75. The van der Waals surface area contributed by atoms with E-state index in [4.69, 9.17) is 18.9 Å². The highest BCUT2D eigenvalue weighted by Crippen LogP contribution is 2.31. The van der Waals surface area contributed by atoms with E-state index in [1.807, 2.05) is 0 Å². The number of hydrogen-bond acceptors (Lipinski definition) is 8. The average Bonchev–Trinajstić information content (AvgIpc) is 3.39. The quantitative estimate of drug-likeness (QED) is 0.557. The lowest BCUT2D eigenvalue weighted by atomic mass is 9.96. The number of sulfonamides is 1. The molecule has 11 heteroatoms. The number of piperidine rings is 1. The highest BCUT2D eigenvalue weighted by molar-refractivity contribution is 7.89. The van der Waals surface area contributed by atoms with Crippen LogP contribution in [-0.4, -0.2) is 108 Å². The molecule has 0 unspecified atom stereocenters. The van der Waals surface area contributed by atoms with Gasteiger partial charge in [0.1, 0.15) is 16.4 Å². The van der Waals surface area contributed by atoms with Crippen LogP contribution in [0.5, 0.6) is 11.5 Å². The Labute approximate surface area is 195 Å². The van der Waals surface area contributed by atoms with Crippen molar-refractivity contribution in [2.75, 3.05) is 73.2 Å². The molecule has 33 heavy (non-hydrogen) atoms. The Hall–Kier alpha value is -1.92. The third-order valence-electron chi connectivity index (χ3n) is 6.60. The molecule has 3 aliphatic heterocycles. The Balaban J connectivity index is 1.29. The molecular weight excluding hydrogens is 450 g/mol. The fourth-order valence-corrected chi connectivity index (χ4v) is 6.22. The summed E-state index contributed by atoms with van der Waals surface area (Å²) < 4.78 is 49.5. The summed E-state index contributed by atoms with van der Waals surface area (Å²) in [5.41, 5.74) is 0. The van der Waals surface area contributed by atoms with E-state index in [0.29, 0.717) is 44.5 Å². The van der Waals surface area contributed by atoms with Gasteiger partial charge in [0.25, 0.3) is 0 Å². The fourth-order valence-electron chi connectivity index (χ4n) is 4.63. The molecule has 4 rings (SSSR count). The second-order valence-electron chi connectivity index (χ2n) is 8.53. The molecule has 3 fully saturated rings. The summed E-state index contributed by atoms with van der Waals surface area (Å²) in [6, 6.07) is 4.71. The third kappa shape index (κ3) is 5.43. The van der Waals surface area contributed by atoms with Gasteiger partial charge in [0.05, 0.1) is 34.0 Å². The van der Waals surface area contributed by atoms with E-state index in [0.717, 1.165) is 25.9 Å². The average molecular weight is 484 g/mol. The van der Waals surface area contributed by atoms with Gasteiger partial charge >= 0.3 is 0 Å². The fraction of sp³-hybridized carbons (Fsp3) is 0.682. The van der Waals surface area contributed by atoms with E-state index in [1.54, 1.807) is 17.0 Å². The van der Waals surface area contributed by atoms with Gasteiger partial charge in [-0.05, 0) is 38.1 Å². The highest BCUT2D eigenvalue weighted by atomic mass is 32.2. The number of hydrogen-bond donors (Lipinski definition) is 0. The van der Waals surface area contributed by atoms with Crippen LogP contribution in [0.2, 0.25) is 0 Å². The van der Waals surface area contributed by atoms with Crippen molar-refractivity contribution in [1.29, 1.82) is 0 Å². The minimum Gasteiger partial charge on any atom is -0.497 e. The van der Waals surface area contributed by atoms with Crippen molar-refractivity contribution in [1.82, 2.24) is 14.1 Å². The number of piperazine rings is 1. The maximum absolute atomic E-state index is 13.2. The first kappa shape index (κ1) is 24.2. The molecule has 0 aliphatic carbocycles. The van der Waals surface area contributed by atoms with Gasteiger partial charge in [-0.1, -0.05) is 0 Å². The molecule has 0 radical (unpaired) electrons. The molecule has 3 saturated heterocycles. The number of nitrogens with zero attached hydrogens (tertiary/aromatic N) is 3. The van der Waals surface area contributed by atoms with Gasteiger partial charge in [-0.25, -0.2) is 8.42 Å². The molecule has 0 atom stereocenters. The van der Waals surface area contributed by atoms with E-state index in [2.05, 4.69) is 4.90 Å². The van der Waals surface area contributed by atoms with Crippen molar-refractivity contribution >= 4 is 15.9 Å². The number of rotatable bonds is 7. The molecule has 1 aromatic rings. The van der Waals surface area contributed by atoms with Gasteiger partial charge < -0.3 is 23.8 Å². The van der Waals surface area contributed by atoms with E-state index in [9.17, 15) is 13.2 Å². The number of carbonyl (C=O) groups excluding carboxylic acids is 1. The van der Waals surface area contributed by atoms with Gasteiger partial charge in [0.15, 0.2) is 6.29 Å². The van der Waals surface area contributed by atoms with Gasteiger partial charge in [0, 0.05) is 38.2 Å². The lowest BCUT2D eigenvalue weighted by Gasteiger charge is -2.37. The number of likely N-dealkylation sites (tertiary alicyclic amines) is 1. The molecule has 0 saturated carbocycles. The van der Waals surface area contributed by atoms with Gasteiger partial charge in [-0.2, -0.15) is 4.31 Å². The predicted octanol–water partition coefficient (Wildman–Crippen LogP) is 0.622. The van der Waals surface area contributed by atoms with Crippen LogP contribution in [0.4, 0.5) is 0 Å². The molecule has 0 N–H and O–H groups in total. The number of benzene rings is 1. The molecule has 0 bridgehead atoms. The maximum atomic E-state index is 13.2. The van der Waals surface area contributed by atoms with Crippen molar-refractivity contribution in [3.05, 3.63) is 18.2 Å². The minimum atomic E-state index is -3.77. The third-order valence-corrected chi connectivity index (χ3v) is 8.52. The highest BCUT2D eigenvalue weighted by Gasteiger charge is 2.34. The lowest BCUT2D eigenvalue weighted by Crippen LogP contribution is -2.53. The Morgan fingerprint density at radius 2 is 1.67 bits per heavy atom. The molecule has 0 spiro atoms. The summed E-state index contributed by atoms with van der Waals surface area (Å²) in [5.74, 6) is 1.14. The number of methoxy groups -OCH3 is 2. The molecular formula is C22H33N3O7S. The number of ether oxygens (including phenoxy) is 4. The summed E-state index contributed by atoms with van der Waals surface area (Å²) in [7, 11) is -0.846. The Morgan fingerprint density at radius 3 is 2.27 bits per heavy atom. The second kappa shape index (κ2) is 10.6. The monoisotopic (exact) mass is 483 g/mol. The summed E-state index contributed by atoms with van der Waals surface area (Å²) in [5, 5.41) is 0. The first-order chi connectivity index (χ1) is 15.9. The summed E-state index contributed by atoms with van der Waals surface area (Å²) in [6.45, 7) is 4.57. The first-order valence-electron chi connectivity index (χ1n) is 11.4. The zero-order valence-electron chi connectivity index (χ0n) is 19.3. The molecule has 184 valence electrons. The topological polar surface area (TPSA) is 97.9 Å². The molecule has 3 aliphatic rings. The van der Waals surface area contributed by atoms with Crippen LogP contribution in [0.3, 0.4) is 0 Å². The predicted molar refractivity (Wildman–Crippen MR) is 120 cm³/mol. The SMILES string of the molecule is COc1ccc(OC)c(S(=O)(=O)N2CCN(C(=O)CN3CCC(C4OCCO4)CC3)CC2)c1. The van der Waals surface area contributed by atoms with Crippen LogP contribution >= 0.6 is 0 Å². The van der Waals surface area contributed by atoms with Gasteiger partial charge in [-0.15, -0.1) is 0 Å². The molecule has 1 aromatic carbocycles.